The van der Waals surface area contributed by atoms with Crippen molar-refractivity contribution in [1.82, 2.24) is 10.2 Å². The molecule has 1 saturated heterocycles. The van der Waals surface area contributed by atoms with Gasteiger partial charge in [0.15, 0.2) is 0 Å². The number of hydrogen-bond donors (Lipinski definition) is 1. The molecule has 3 rings (SSSR count). The van der Waals surface area contributed by atoms with Crippen molar-refractivity contribution in [3.05, 3.63) is 28.8 Å². The number of nitrogens with zero attached hydrogens (tertiary/aromatic N) is 1. The first-order valence-corrected chi connectivity index (χ1v) is 9.00. The fourth-order valence-corrected chi connectivity index (χ4v) is 3.15. The average Bonchev–Trinajstić information content (AvgIpc) is 3.39. The van der Waals surface area contributed by atoms with Crippen molar-refractivity contribution < 1.29 is 14.3 Å². The molecule has 2 fully saturated rings. The topological polar surface area (TPSA) is 50.8 Å². The van der Waals surface area contributed by atoms with E-state index in [1.165, 1.54) is 12.8 Å². The minimum absolute atomic E-state index is 0.0561. The van der Waals surface area contributed by atoms with Crippen molar-refractivity contribution in [2.24, 2.45) is 5.92 Å². The van der Waals surface area contributed by atoms with Gasteiger partial charge in [-0.25, -0.2) is 4.79 Å². The van der Waals surface area contributed by atoms with Crippen LogP contribution in [-0.4, -0.2) is 42.8 Å². The van der Waals surface area contributed by atoms with Crippen LogP contribution in [0.1, 0.15) is 32.3 Å². The number of amides is 2. The molecule has 2 amide bonds. The predicted molar refractivity (Wildman–Crippen MR) is 93.5 cm³/mol. The van der Waals surface area contributed by atoms with E-state index >= 15 is 0 Å². The average molecular weight is 353 g/mol. The lowest BCUT2D eigenvalue weighted by Gasteiger charge is -2.33. The maximum Gasteiger partial charge on any atom is 0.317 e. The van der Waals surface area contributed by atoms with Gasteiger partial charge in [-0.3, -0.25) is 0 Å². The van der Waals surface area contributed by atoms with E-state index in [2.05, 4.69) is 5.32 Å². The molecule has 1 aromatic rings. The normalized spacial score (nSPS) is 21.0. The molecule has 0 aromatic heterocycles. The Bertz CT molecular complexity index is 590. The molecule has 1 aliphatic carbocycles. The molecule has 1 aliphatic heterocycles. The summed E-state index contributed by atoms with van der Waals surface area (Å²) in [5, 5.41) is 3.62. The molecule has 0 bridgehead atoms. The van der Waals surface area contributed by atoms with Gasteiger partial charge >= 0.3 is 6.03 Å². The van der Waals surface area contributed by atoms with Crippen molar-refractivity contribution in [2.75, 3.05) is 19.7 Å². The van der Waals surface area contributed by atoms with Crippen LogP contribution in [0.2, 0.25) is 5.02 Å². The molecule has 5 nitrogen and oxygen atoms in total. The second-order valence-electron chi connectivity index (χ2n) is 6.77. The first-order chi connectivity index (χ1) is 11.5. The molecule has 2 aliphatic rings. The molecule has 1 N–H and O–H groups in total. The highest BCUT2D eigenvalue weighted by Crippen LogP contribution is 2.35. The minimum Gasteiger partial charge on any atom is -0.491 e. The number of halogens is 1. The van der Waals surface area contributed by atoms with Gasteiger partial charge in [0.2, 0.25) is 0 Å². The van der Waals surface area contributed by atoms with Gasteiger partial charge in [0.05, 0.1) is 18.8 Å². The lowest BCUT2D eigenvalue weighted by Crippen LogP contribution is -2.50. The highest BCUT2D eigenvalue weighted by Gasteiger charge is 2.36. The van der Waals surface area contributed by atoms with Crippen molar-refractivity contribution >= 4 is 17.6 Å². The molecule has 0 radical (unpaired) electrons. The van der Waals surface area contributed by atoms with Crippen molar-refractivity contribution in [2.45, 2.75) is 45.4 Å². The summed E-state index contributed by atoms with van der Waals surface area (Å²) in [6, 6.07) is 5.43. The lowest BCUT2D eigenvalue weighted by molar-refractivity contribution is -0.0252. The molecule has 132 valence electrons. The largest absolute Gasteiger partial charge is 0.491 e. The summed E-state index contributed by atoms with van der Waals surface area (Å²) in [6.45, 7) is 6.28. The van der Waals surface area contributed by atoms with Gasteiger partial charge < -0.3 is 19.7 Å². The second-order valence-corrected chi connectivity index (χ2v) is 7.21. The van der Waals surface area contributed by atoms with Gasteiger partial charge in [0.25, 0.3) is 0 Å². The van der Waals surface area contributed by atoms with Crippen LogP contribution in [0.15, 0.2) is 18.2 Å². The van der Waals surface area contributed by atoms with E-state index in [1.807, 2.05) is 30.9 Å². The zero-order valence-corrected chi connectivity index (χ0v) is 15.0. The van der Waals surface area contributed by atoms with Gasteiger partial charge in [-0.05, 0) is 50.8 Å². The van der Waals surface area contributed by atoms with E-state index in [1.54, 1.807) is 6.07 Å². The summed E-state index contributed by atoms with van der Waals surface area (Å²) < 4.78 is 11.6. The zero-order valence-electron chi connectivity index (χ0n) is 14.3. The summed E-state index contributed by atoms with van der Waals surface area (Å²) in [5.74, 6) is 1.40. The summed E-state index contributed by atoms with van der Waals surface area (Å²) in [7, 11) is 0. The Labute approximate surface area is 148 Å². The molecule has 1 atom stereocenters. The smallest absolute Gasteiger partial charge is 0.317 e. The van der Waals surface area contributed by atoms with Crippen LogP contribution in [0.25, 0.3) is 0 Å². The predicted octanol–water partition coefficient (Wildman–Crippen LogP) is 3.45. The number of rotatable bonds is 5. The highest BCUT2D eigenvalue weighted by molar-refractivity contribution is 6.30. The first-order valence-electron chi connectivity index (χ1n) is 8.62. The zero-order chi connectivity index (χ0) is 17.1. The van der Waals surface area contributed by atoms with Gasteiger partial charge in [-0.2, -0.15) is 0 Å². The maximum absolute atomic E-state index is 12.5. The fraction of sp³-hybridized carbons (Fsp3) is 0.611. The lowest BCUT2D eigenvalue weighted by atomic mass is 10.2. The number of nitrogens with one attached hydrogen (secondary N) is 1. The van der Waals surface area contributed by atoms with Crippen LogP contribution in [-0.2, 0) is 11.3 Å². The Kier molecular flexibility index (Phi) is 5.51. The summed E-state index contributed by atoms with van der Waals surface area (Å²) >= 11 is 6.08. The number of morpholine rings is 1. The molecule has 6 heteroatoms. The third-order valence-corrected chi connectivity index (χ3v) is 4.58. The van der Waals surface area contributed by atoms with Crippen LogP contribution in [0, 0.1) is 5.92 Å². The molecular weight excluding hydrogens is 328 g/mol. The monoisotopic (exact) mass is 352 g/mol. The summed E-state index contributed by atoms with van der Waals surface area (Å²) in [4.78, 5) is 14.3. The maximum atomic E-state index is 12.5. The quantitative estimate of drug-likeness (QED) is 0.883. The molecule has 1 heterocycles. The van der Waals surface area contributed by atoms with Gasteiger partial charge in [-0.1, -0.05) is 11.6 Å². The van der Waals surface area contributed by atoms with E-state index < -0.39 is 0 Å². The summed E-state index contributed by atoms with van der Waals surface area (Å²) in [6.07, 6.45) is 2.71. The van der Waals surface area contributed by atoms with Crippen molar-refractivity contribution in [3.63, 3.8) is 0 Å². The fourth-order valence-electron chi connectivity index (χ4n) is 2.95. The Balaban J connectivity index is 1.58. The SMILES string of the molecule is CC(C)Oc1ccc(Cl)cc1CNC(=O)N1CCOC(C2CC2)C1. The van der Waals surface area contributed by atoms with Gasteiger partial charge in [-0.15, -0.1) is 0 Å². The molecule has 24 heavy (non-hydrogen) atoms. The molecular formula is C18H25ClN2O3. The van der Waals surface area contributed by atoms with E-state index in [0.717, 1.165) is 11.3 Å². The van der Waals surface area contributed by atoms with E-state index in [0.29, 0.717) is 37.2 Å². The highest BCUT2D eigenvalue weighted by atomic mass is 35.5. The van der Waals surface area contributed by atoms with Crippen LogP contribution < -0.4 is 10.1 Å². The first kappa shape index (κ1) is 17.4. The third kappa shape index (κ3) is 4.54. The molecule has 1 saturated carbocycles. The number of hydrogen-bond acceptors (Lipinski definition) is 3. The number of benzene rings is 1. The van der Waals surface area contributed by atoms with E-state index in [9.17, 15) is 4.79 Å². The number of carbonyl (C=O) groups is 1. The molecule has 0 spiro atoms. The van der Waals surface area contributed by atoms with Gasteiger partial charge in [0, 0.05) is 30.2 Å². The number of ether oxygens (including phenoxy) is 2. The Hall–Kier alpha value is -1.46. The van der Waals surface area contributed by atoms with E-state index in [-0.39, 0.29) is 18.2 Å². The molecule has 1 aromatic carbocycles. The summed E-state index contributed by atoms with van der Waals surface area (Å²) in [5.41, 5.74) is 0.886. The molecule has 1 unspecified atom stereocenters. The Morgan fingerprint density at radius 2 is 2.25 bits per heavy atom. The van der Waals surface area contributed by atoms with Crippen LogP contribution >= 0.6 is 11.6 Å². The minimum atomic E-state index is -0.0561. The standard InChI is InChI=1S/C18H25ClN2O3/c1-12(2)24-16-6-5-15(19)9-14(16)10-20-18(22)21-7-8-23-17(11-21)13-3-4-13/h5-6,9,12-13,17H,3-4,7-8,10-11H2,1-2H3,(H,20,22). The van der Waals surface area contributed by atoms with Crippen LogP contribution in [0.4, 0.5) is 4.79 Å². The van der Waals surface area contributed by atoms with Crippen molar-refractivity contribution in [1.29, 1.82) is 0 Å². The second kappa shape index (κ2) is 7.62. The number of carbonyl (C=O) groups excluding carboxylic acids is 1. The van der Waals surface area contributed by atoms with Crippen LogP contribution in [0.5, 0.6) is 5.75 Å². The third-order valence-electron chi connectivity index (χ3n) is 4.34. The van der Waals surface area contributed by atoms with Crippen LogP contribution in [0.3, 0.4) is 0 Å². The number of urea groups is 1. The van der Waals surface area contributed by atoms with Crippen molar-refractivity contribution in [3.8, 4) is 5.75 Å². The van der Waals surface area contributed by atoms with E-state index in [4.69, 9.17) is 21.1 Å². The Morgan fingerprint density at radius 1 is 1.46 bits per heavy atom. The Morgan fingerprint density at radius 3 is 2.96 bits per heavy atom. The van der Waals surface area contributed by atoms with Gasteiger partial charge in [0.1, 0.15) is 5.75 Å².